The van der Waals surface area contributed by atoms with Gasteiger partial charge >= 0.3 is 0 Å². The molecule has 1 fully saturated rings. The van der Waals surface area contributed by atoms with E-state index in [2.05, 4.69) is 50.2 Å². The minimum atomic E-state index is -0.176. The molecule has 24 heavy (non-hydrogen) atoms. The van der Waals surface area contributed by atoms with Crippen LogP contribution in [0.5, 0.6) is 0 Å². The number of likely N-dealkylation sites (N-methyl/N-ethyl adjacent to an activating group) is 1. The quantitative estimate of drug-likeness (QED) is 0.808. The van der Waals surface area contributed by atoms with Crippen LogP contribution in [0.25, 0.3) is 0 Å². The Morgan fingerprint density at radius 2 is 1.75 bits per heavy atom. The van der Waals surface area contributed by atoms with Crippen molar-refractivity contribution in [2.45, 2.75) is 37.4 Å². The van der Waals surface area contributed by atoms with E-state index < -0.39 is 0 Å². The lowest BCUT2D eigenvalue weighted by molar-refractivity contribution is 0.0270. The van der Waals surface area contributed by atoms with Crippen LogP contribution in [-0.4, -0.2) is 31.6 Å². The highest BCUT2D eigenvalue weighted by Gasteiger charge is 2.42. The smallest absolute Gasteiger partial charge is 0.123 e. The first-order valence-electron chi connectivity index (χ1n) is 8.73. The highest BCUT2D eigenvalue weighted by molar-refractivity contribution is 5.48. The van der Waals surface area contributed by atoms with E-state index in [-0.39, 0.29) is 23.9 Å². The van der Waals surface area contributed by atoms with Gasteiger partial charge in [-0.1, -0.05) is 37.3 Å². The Bertz CT molecular complexity index is 757. The Morgan fingerprint density at radius 3 is 2.50 bits per heavy atom. The van der Waals surface area contributed by atoms with Gasteiger partial charge in [0.15, 0.2) is 0 Å². The zero-order chi connectivity index (χ0) is 16.8. The Balaban J connectivity index is 1.85. The highest BCUT2D eigenvalue weighted by atomic mass is 19.1. The monoisotopic (exact) mass is 325 g/mol. The summed E-state index contributed by atoms with van der Waals surface area (Å²) in [7, 11) is 4.14. The molecule has 0 amide bonds. The van der Waals surface area contributed by atoms with Crippen LogP contribution in [0.2, 0.25) is 0 Å². The van der Waals surface area contributed by atoms with Gasteiger partial charge in [0.1, 0.15) is 5.82 Å². The molecule has 2 aromatic rings. The predicted octanol–water partition coefficient (Wildman–Crippen LogP) is 4.47. The van der Waals surface area contributed by atoms with Crippen LogP contribution >= 0.6 is 0 Å². The van der Waals surface area contributed by atoms with Crippen LogP contribution in [0.4, 0.5) is 4.39 Å². The molecule has 2 aliphatic rings. The maximum absolute atomic E-state index is 14.0. The molecule has 0 aromatic heterocycles. The van der Waals surface area contributed by atoms with Crippen LogP contribution in [0.15, 0.2) is 42.5 Å². The molecule has 0 radical (unpaired) electrons. The lowest BCUT2D eigenvalue weighted by Crippen LogP contribution is -2.25. The minimum Gasteiger partial charge on any atom is -0.368 e. The molecule has 0 bridgehead atoms. The van der Waals surface area contributed by atoms with Gasteiger partial charge in [0.2, 0.25) is 0 Å². The molecule has 2 aromatic carbocycles. The molecule has 4 atom stereocenters. The van der Waals surface area contributed by atoms with Crippen molar-refractivity contribution >= 4 is 0 Å². The summed E-state index contributed by atoms with van der Waals surface area (Å²) in [5, 5.41) is 0. The molecule has 3 heteroatoms. The normalized spacial score (nSPS) is 28.2. The third-order valence-corrected chi connectivity index (χ3v) is 5.47. The molecule has 0 saturated carbocycles. The second-order valence-electron chi connectivity index (χ2n) is 7.41. The van der Waals surface area contributed by atoms with E-state index in [1.807, 2.05) is 6.07 Å². The van der Waals surface area contributed by atoms with E-state index in [0.717, 1.165) is 18.5 Å². The fraction of sp³-hybridized carbons (Fsp3) is 0.429. The maximum Gasteiger partial charge on any atom is 0.123 e. The van der Waals surface area contributed by atoms with E-state index in [1.165, 1.54) is 16.7 Å². The molecule has 0 N–H and O–H groups in total. The SMILES string of the molecule is C[C@@H]1c2ccccc2[C@H]2C[C@H](CN(C)C)O[C@@H]2c2cc(F)ccc21. The Kier molecular flexibility index (Phi) is 3.93. The van der Waals surface area contributed by atoms with Crippen LogP contribution in [0, 0.1) is 5.82 Å². The number of rotatable bonds is 2. The summed E-state index contributed by atoms with van der Waals surface area (Å²) < 4.78 is 20.4. The number of ether oxygens (including phenoxy) is 1. The second-order valence-corrected chi connectivity index (χ2v) is 7.41. The molecule has 2 nitrogen and oxygen atoms in total. The fourth-order valence-corrected chi connectivity index (χ4v) is 4.47. The number of fused-ring (bicyclic) bond motifs is 5. The van der Waals surface area contributed by atoms with Crippen molar-refractivity contribution in [3.8, 4) is 0 Å². The Labute approximate surface area is 143 Å². The summed E-state index contributed by atoms with van der Waals surface area (Å²) in [4.78, 5) is 2.16. The molecule has 1 saturated heterocycles. The number of hydrogen-bond donors (Lipinski definition) is 0. The topological polar surface area (TPSA) is 12.5 Å². The molecule has 1 heterocycles. The van der Waals surface area contributed by atoms with Gasteiger partial charge in [-0.05, 0) is 54.9 Å². The van der Waals surface area contributed by atoms with Crippen molar-refractivity contribution in [1.29, 1.82) is 0 Å². The minimum absolute atomic E-state index is 0.0493. The summed E-state index contributed by atoms with van der Waals surface area (Å²) >= 11 is 0. The second kappa shape index (κ2) is 5.98. The Hall–Kier alpha value is -1.71. The van der Waals surface area contributed by atoms with Gasteiger partial charge in [0, 0.05) is 18.4 Å². The van der Waals surface area contributed by atoms with Crippen LogP contribution < -0.4 is 0 Å². The fourth-order valence-electron chi connectivity index (χ4n) is 4.47. The number of halogens is 1. The van der Waals surface area contributed by atoms with E-state index in [0.29, 0.717) is 5.92 Å². The first kappa shape index (κ1) is 15.8. The summed E-state index contributed by atoms with van der Waals surface area (Å²) in [6, 6.07) is 13.9. The van der Waals surface area contributed by atoms with Gasteiger partial charge in [0.05, 0.1) is 12.2 Å². The number of hydrogen-bond acceptors (Lipinski definition) is 2. The van der Waals surface area contributed by atoms with Gasteiger partial charge in [0.25, 0.3) is 0 Å². The molecule has 1 aliphatic heterocycles. The molecule has 0 spiro atoms. The standard InChI is InChI=1S/C21H24FNO/c1-13-16-6-4-5-7-18(16)20-11-15(12-23(2)3)24-21(20)19-10-14(22)8-9-17(13)19/h4-10,13,15,20-21H,11-12H2,1-3H3/t13-,15-,20-,21-/m1/s1. The van der Waals surface area contributed by atoms with Crippen LogP contribution in [0.1, 0.15) is 53.5 Å². The van der Waals surface area contributed by atoms with Crippen molar-refractivity contribution in [2.75, 3.05) is 20.6 Å². The van der Waals surface area contributed by atoms with Gasteiger partial charge in [-0.25, -0.2) is 4.39 Å². The predicted molar refractivity (Wildman–Crippen MR) is 93.9 cm³/mol. The molecule has 4 rings (SSSR count). The van der Waals surface area contributed by atoms with E-state index in [1.54, 1.807) is 12.1 Å². The average molecular weight is 325 g/mol. The molecule has 1 aliphatic carbocycles. The molecular weight excluding hydrogens is 301 g/mol. The van der Waals surface area contributed by atoms with E-state index in [9.17, 15) is 4.39 Å². The Morgan fingerprint density at radius 1 is 1.04 bits per heavy atom. The molecule has 0 unspecified atom stereocenters. The first-order valence-corrected chi connectivity index (χ1v) is 8.73. The van der Waals surface area contributed by atoms with Crippen molar-refractivity contribution in [2.24, 2.45) is 0 Å². The average Bonchev–Trinajstić information content (AvgIpc) is 2.93. The highest BCUT2D eigenvalue weighted by Crippen LogP contribution is 2.51. The molecule has 126 valence electrons. The summed E-state index contributed by atoms with van der Waals surface area (Å²) in [6.45, 7) is 3.11. The summed E-state index contributed by atoms with van der Waals surface area (Å²) in [5.41, 5.74) is 4.95. The first-order chi connectivity index (χ1) is 11.5. The van der Waals surface area contributed by atoms with Gasteiger partial charge < -0.3 is 9.64 Å². The zero-order valence-electron chi connectivity index (χ0n) is 14.5. The lowest BCUT2D eigenvalue weighted by Gasteiger charge is -2.21. The van der Waals surface area contributed by atoms with Crippen molar-refractivity contribution in [3.05, 3.63) is 70.5 Å². The van der Waals surface area contributed by atoms with Gasteiger partial charge in [-0.3, -0.25) is 0 Å². The van der Waals surface area contributed by atoms with Crippen molar-refractivity contribution in [3.63, 3.8) is 0 Å². The number of nitrogens with zero attached hydrogens (tertiary/aromatic N) is 1. The van der Waals surface area contributed by atoms with Crippen molar-refractivity contribution < 1.29 is 9.13 Å². The lowest BCUT2D eigenvalue weighted by atomic mass is 9.86. The summed E-state index contributed by atoms with van der Waals surface area (Å²) in [6.07, 6.45) is 1.13. The third kappa shape index (κ3) is 2.56. The van der Waals surface area contributed by atoms with Gasteiger partial charge in [-0.2, -0.15) is 0 Å². The largest absolute Gasteiger partial charge is 0.368 e. The number of benzene rings is 2. The maximum atomic E-state index is 14.0. The van der Waals surface area contributed by atoms with E-state index >= 15 is 0 Å². The third-order valence-electron chi connectivity index (χ3n) is 5.47. The van der Waals surface area contributed by atoms with Crippen molar-refractivity contribution in [1.82, 2.24) is 4.90 Å². The van der Waals surface area contributed by atoms with Gasteiger partial charge in [-0.15, -0.1) is 0 Å². The summed E-state index contributed by atoms with van der Waals surface area (Å²) in [5.74, 6) is 0.389. The molecular formula is C21H24FNO. The van der Waals surface area contributed by atoms with E-state index in [4.69, 9.17) is 4.74 Å². The van der Waals surface area contributed by atoms with Crippen LogP contribution in [0.3, 0.4) is 0 Å². The van der Waals surface area contributed by atoms with Crippen LogP contribution in [-0.2, 0) is 4.74 Å². The zero-order valence-corrected chi connectivity index (χ0v) is 14.5.